The van der Waals surface area contributed by atoms with Crippen LogP contribution in [0.25, 0.3) is 0 Å². The maximum Gasteiger partial charge on any atom is 0.217 e. The summed E-state index contributed by atoms with van der Waals surface area (Å²) >= 11 is 0. The van der Waals surface area contributed by atoms with Gasteiger partial charge in [0.1, 0.15) is 0 Å². The molecule has 1 aromatic carbocycles. The third-order valence-corrected chi connectivity index (χ3v) is 2.28. The number of hydrogen-bond donors (Lipinski definition) is 1. The lowest BCUT2D eigenvalue weighted by Gasteiger charge is -2.06. The van der Waals surface area contributed by atoms with Gasteiger partial charge < -0.3 is 5.73 Å². The molecule has 1 amide bonds. The standard InChI is InChI=1S/C12H15NO2/c1-2-11(14)10-6-4-3-5-9(10)7-8-12(13)15/h3-6H,2,7-8H2,1H3,(H2,13,15). The second-order valence-corrected chi connectivity index (χ2v) is 3.40. The Morgan fingerprint density at radius 3 is 2.53 bits per heavy atom. The maximum atomic E-state index is 11.6. The number of carbonyl (C=O) groups excluding carboxylic acids is 2. The summed E-state index contributed by atoms with van der Waals surface area (Å²) in [6, 6.07) is 7.35. The highest BCUT2D eigenvalue weighted by atomic mass is 16.1. The number of benzene rings is 1. The number of primary amides is 1. The lowest BCUT2D eigenvalue weighted by molar-refractivity contribution is -0.117. The fourth-order valence-corrected chi connectivity index (χ4v) is 1.46. The summed E-state index contributed by atoms with van der Waals surface area (Å²) in [5, 5.41) is 0. The van der Waals surface area contributed by atoms with Crippen LogP contribution in [0.1, 0.15) is 35.7 Å². The zero-order valence-corrected chi connectivity index (χ0v) is 8.82. The molecule has 0 radical (unpaired) electrons. The van der Waals surface area contributed by atoms with Gasteiger partial charge in [-0.15, -0.1) is 0 Å². The third-order valence-electron chi connectivity index (χ3n) is 2.28. The van der Waals surface area contributed by atoms with E-state index >= 15 is 0 Å². The molecule has 15 heavy (non-hydrogen) atoms. The van der Waals surface area contributed by atoms with Crippen molar-refractivity contribution in [2.75, 3.05) is 0 Å². The fourth-order valence-electron chi connectivity index (χ4n) is 1.46. The Labute approximate surface area is 89.3 Å². The second kappa shape index (κ2) is 5.29. The van der Waals surface area contributed by atoms with Crippen molar-refractivity contribution < 1.29 is 9.59 Å². The quantitative estimate of drug-likeness (QED) is 0.744. The average Bonchev–Trinajstić information content (AvgIpc) is 2.25. The summed E-state index contributed by atoms with van der Waals surface area (Å²) in [5.74, 6) is -0.233. The van der Waals surface area contributed by atoms with Crippen molar-refractivity contribution in [2.24, 2.45) is 5.73 Å². The summed E-state index contributed by atoms with van der Waals surface area (Å²) in [7, 11) is 0. The van der Waals surface area contributed by atoms with Crippen LogP contribution in [0.4, 0.5) is 0 Å². The van der Waals surface area contributed by atoms with Gasteiger partial charge in [0.25, 0.3) is 0 Å². The number of carbonyl (C=O) groups is 2. The van der Waals surface area contributed by atoms with E-state index in [9.17, 15) is 9.59 Å². The van der Waals surface area contributed by atoms with E-state index in [1.165, 1.54) is 0 Å². The molecule has 80 valence electrons. The van der Waals surface area contributed by atoms with E-state index in [0.717, 1.165) is 5.56 Å². The molecule has 3 heteroatoms. The molecule has 0 aliphatic heterocycles. The minimum absolute atomic E-state index is 0.107. The minimum atomic E-state index is -0.339. The molecule has 0 unspecified atom stereocenters. The monoisotopic (exact) mass is 205 g/mol. The first-order valence-electron chi connectivity index (χ1n) is 5.04. The van der Waals surface area contributed by atoms with Crippen molar-refractivity contribution in [3.05, 3.63) is 35.4 Å². The predicted molar refractivity (Wildman–Crippen MR) is 58.6 cm³/mol. The van der Waals surface area contributed by atoms with Gasteiger partial charge in [-0.3, -0.25) is 9.59 Å². The molecular formula is C12H15NO2. The van der Waals surface area contributed by atoms with E-state index in [2.05, 4.69) is 0 Å². The van der Waals surface area contributed by atoms with Gasteiger partial charge in [-0.2, -0.15) is 0 Å². The maximum absolute atomic E-state index is 11.6. The fraction of sp³-hybridized carbons (Fsp3) is 0.333. The first-order chi connectivity index (χ1) is 7.15. The summed E-state index contributed by atoms with van der Waals surface area (Å²) in [6.07, 6.45) is 1.30. The van der Waals surface area contributed by atoms with Crippen LogP contribution < -0.4 is 5.73 Å². The highest BCUT2D eigenvalue weighted by Crippen LogP contribution is 2.13. The van der Waals surface area contributed by atoms with Crippen LogP contribution in [0.15, 0.2) is 24.3 Å². The first-order valence-corrected chi connectivity index (χ1v) is 5.04. The second-order valence-electron chi connectivity index (χ2n) is 3.40. The van der Waals surface area contributed by atoms with Gasteiger partial charge in [0.15, 0.2) is 5.78 Å². The molecule has 2 N–H and O–H groups in total. The topological polar surface area (TPSA) is 60.2 Å². The summed E-state index contributed by atoms with van der Waals surface area (Å²) in [4.78, 5) is 22.2. The zero-order chi connectivity index (χ0) is 11.3. The number of rotatable bonds is 5. The van der Waals surface area contributed by atoms with E-state index in [1.54, 1.807) is 6.07 Å². The van der Waals surface area contributed by atoms with Gasteiger partial charge in [-0.25, -0.2) is 0 Å². The molecule has 1 rings (SSSR count). The molecule has 0 aromatic heterocycles. The normalized spacial score (nSPS) is 9.93. The summed E-state index contributed by atoms with van der Waals surface area (Å²) in [5.41, 5.74) is 6.69. The molecule has 0 saturated carbocycles. The Hall–Kier alpha value is -1.64. The van der Waals surface area contributed by atoms with Crippen molar-refractivity contribution >= 4 is 11.7 Å². The van der Waals surface area contributed by atoms with Gasteiger partial charge in [-0.1, -0.05) is 31.2 Å². The van der Waals surface area contributed by atoms with E-state index < -0.39 is 0 Å². The van der Waals surface area contributed by atoms with Crippen molar-refractivity contribution in [3.63, 3.8) is 0 Å². The summed E-state index contributed by atoms with van der Waals surface area (Å²) < 4.78 is 0. The van der Waals surface area contributed by atoms with E-state index in [0.29, 0.717) is 18.4 Å². The third kappa shape index (κ3) is 3.20. The van der Waals surface area contributed by atoms with Crippen LogP contribution >= 0.6 is 0 Å². The molecular weight excluding hydrogens is 190 g/mol. The lowest BCUT2D eigenvalue weighted by Crippen LogP contribution is -2.12. The molecule has 0 saturated heterocycles. The van der Waals surface area contributed by atoms with Gasteiger partial charge in [-0.05, 0) is 12.0 Å². The smallest absolute Gasteiger partial charge is 0.217 e. The molecule has 0 aliphatic carbocycles. The molecule has 0 fully saturated rings. The molecule has 0 bridgehead atoms. The molecule has 0 spiro atoms. The molecule has 0 aliphatic rings. The van der Waals surface area contributed by atoms with Gasteiger partial charge in [0.2, 0.25) is 5.91 Å². The van der Waals surface area contributed by atoms with Crippen LogP contribution in [0.3, 0.4) is 0 Å². The number of Topliss-reactive ketones (excluding diaryl/α,β-unsaturated/α-hetero) is 1. The van der Waals surface area contributed by atoms with Gasteiger partial charge in [0.05, 0.1) is 0 Å². The Morgan fingerprint density at radius 2 is 1.93 bits per heavy atom. The molecule has 0 heterocycles. The largest absolute Gasteiger partial charge is 0.370 e. The number of aryl methyl sites for hydroxylation is 1. The van der Waals surface area contributed by atoms with E-state index in [-0.39, 0.29) is 18.1 Å². The van der Waals surface area contributed by atoms with Crippen molar-refractivity contribution in [1.29, 1.82) is 0 Å². The highest BCUT2D eigenvalue weighted by Gasteiger charge is 2.09. The SMILES string of the molecule is CCC(=O)c1ccccc1CCC(N)=O. The lowest BCUT2D eigenvalue weighted by atomic mass is 9.98. The van der Waals surface area contributed by atoms with Crippen molar-refractivity contribution in [3.8, 4) is 0 Å². The summed E-state index contributed by atoms with van der Waals surface area (Å²) in [6.45, 7) is 1.83. The number of nitrogens with two attached hydrogens (primary N) is 1. The Morgan fingerprint density at radius 1 is 1.27 bits per heavy atom. The average molecular weight is 205 g/mol. The number of amides is 1. The van der Waals surface area contributed by atoms with E-state index in [4.69, 9.17) is 5.73 Å². The van der Waals surface area contributed by atoms with Crippen molar-refractivity contribution in [2.45, 2.75) is 26.2 Å². The highest BCUT2D eigenvalue weighted by molar-refractivity contribution is 5.97. The minimum Gasteiger partial charge on any atom is -0.370 e. The number of hydrogen-bond acceptors (Lipinski definition) is 2. The van der Waals surface area contributed by atoms with Crippen LogP contribution in [0, 0.1) is 0 Å². The van der Waals surface area contributed by atoms with Crippen LogP contribution in [0.5, 0.6) is 0 Å². The molecule has 3 nitrogen and oxygen atoms in total. The number of ketones is 1. The van der Waals surface area contributed by atoms with E-state index in [1.807, 2.05) is 25.1 Å². The Kier molecular flexibility index (Phi) is 4.03. The van der Waals surface area contributed by atoms with Crippen LogP contribution in [-0.4, -0.2) is 11.7 Å². The van der Waals surface area contributed by atoms with Crippen LogP contribution in [-0.2, 0) is 11.2 Å². The Balaban J connectivity index is 2.86. The van der Waals surface area contributed by atoms with Gasteiger partial charge in [0, 0.05) is 18.4 Å². The van der Waals surface area contributed by atoms with Crippen LogP contribution in [0.2, 0.25) is 0 Å². The Bertz CT molecular complexity index is 372. The predicted octanol–water partition coefficient (Wildman–Crippen LogP) is 1.70. The molecule has 1 aromatic rings. The first kappa shape index (κ1) is 11.4. The van der Waals surface area contributed by atoms with Gasteiger partial charge >= 0.3 is 0 Å². The molecule has 0 atom stereocenters. The van der Waals surface area contributed by atoms with Crippen molar-refractivity contribution in [1.82, 2.24) is 0 Å². The zero-order valence-electron chi connectivity index (χ0n) is 8.82.